The summed E-state index contributed by atoms with van der Waals surface area (Å²) in [6.07, 6.45) is 3.15. The molecule has 1 unspecified atom stereocenters. The van der Waals surface area contributed by atoms with E-state index in [1.54, 1.807) is 18.3 Å². The minimum absolute atomic E-state index is 0.0233. The van der Waals surface area contributed by atoms with Crippen LogP contribution in [0.4, 0.5) is 0 Å². The summed E-state index contributed by atoms with van der Waals surface area (Å²) in [6.45, 7) is 10.1. The molecule has 0 saturated carbocycles. The molecule has 158 valence electrons. The van der Waals surface area contributed by atoms with Crippen molar-refractivity contribution < 1.29 is 9.59 Å². The van der Waals surface area contributed by atoms with E-state index in [-0.39, 0.29) is 36.5 Å². The van der Waals surface area contributed by atoms with Crippen LogP contribution < -0.4 is 5.32 Å². The molecule has 3 rings (SSSR count). The van der Waals surface area contributed by atoms with Crippen molar-refractivity contribution in [1.29, 1.82) is 0 Å². The van der Waals surface area contributed by atoms with Gasteiger partial charge in [-0.1, -0.05) is 12.1 Å². The number of nitrogens with one attached hydrogen (secondary N) is 1. The number of rotatable bonds is 7. The SMILES string of the molecule is CC(NC(=O)c1cccnc1)c1nc2ccccc2n1CC(=O)N(C(C)C)C(C)C. The maximum Gasteiger partial charge on any atom is 0.253 e. The van der Waals surface area contributed by atoms with E-state index in [1.165, 1.54) is 6.20 Å². The van der Waals surface area contributed by atoms with Crippen LogP contribution in [0.1, 0.15) is 56.8 Å². The van der Waals surface area contributed by atoms with Gasteiger partial charge in [0.2, 0.25) is 5.91 Å². The lowest BCUT2D eigenvalue weighted by molar-refractivity contribution is -0.135. The molecule has 7 heteroatoms. The van der Waals surface area contributed by atoms with Crippen LogP contribution in [-0.2, 0) is 11.3 Å². The van der Waals surface area contributed by atoms with Crippen LogP contribution in [-0.4, -0.2) is 43.3 Å². The molecule has 2 aromatic heterocycles. The van der Waals surface area contributed by atoms with E-state index in [4.69, 9.17) is 4.98 Å². The molecule has 1 N–H and O–H groups in total. The van der Waals surface area contributed by atoms with Crippen LogP contribution in [0.5, 0.6) is 0 Å². The largest absolute Gasteiger partial charge is 0.342 e. The van der Waals surface area contributed by atoms with E-state index < -0.39 is 0 Å². The number of amides is 2. The fourth-order valence-corrected chi connectivity index (χ4v) is 3.82. The van der Waals surface area contributed by atoms with Gasteiger partial charge in [0.15, 0.2) is 0 Å². The smallest absolute Gasteiger partial charge is 0.253 e. The molecule has 1 atom stereocenters. The Labute approximate surface area is 177 Å². The quantitative estimate of drug-likeness (QED) is 0.649. The Kier molecular flexibility index (Phi) is 6.50. The zero-order chi connectivity index (χ0) is 21.8. The van der Waals surface area contributed by atoms with Crippen LogP contribution >= 0.6 is 0 Å². The Morgan fingerprint density at radius 1 is 1.03 bits per heavy atom. The van der Waals surface area contributed by atoms with Crippen molar-refractivity contribution in [2.75, 3.05) is 0 Å². The highest BCUT2D eigenvalue weighted by atomic mass is 16.2. The maximum absolute atomic E-state index is 13.1. The first-order chi connectivity index (χ1) is 14.3. The third kappa shape index (κ3) is 4.50. The van der Waals surface area contributed by atoms with Gasteiger partial charge in [0.05, 0.1) is 22.6 Å². The summed E-state index contributed by atoms with van der Waals surface area (Å²) in [5.74, 6) is 0.441. The summed E-state index contributed by atoms with van der Waals surface area (Å²) in [5.41, 5.74) is 2.15. The topological polar surface area (TPSA) is 80.1 Å². The Bertz CT molecular complexity index is 1020. The molecule has 2 amide bonds. The van der Waals surface area contributed by atoms with Gasteiger partial charge in [-0.2, -0.15) is 0 Å². The zero-order valence-electron chi connectivity index (χ0n) is 18.2. The third-order valence-corrected chi connectivity index (χ3v) is 5.04. The van der Waals surface area contributed by atoms with Crippen molar-refractivity contribution in [3.8, 4) is 0 Å². The summed E-state index contributed by atoms with van der Waals surface area (Å²) >= 11 is 0. The lowest BCUT2D eigenvalue weighted by atomic mass is 10.2. The number of aromatic nitrogens is 3. The van der Waals surface area contributed by atoms with Gasteiger partial charge in [-0.3, -0.25) is 14.6 Å². The molecule has 0 radical (unpaired) electrons. The highest BCUT2D eigenvalue weighted by Gasteiger charge is 2.25. The molecule has 0 spiro atoms. The van der Waals surface area contributed by atoms with Gasteiger partial charge in [0.25, 0.3) is 5.91 Å². The van der Waals surface area contributed by atoms with E-state index in [9.17, 15) is 9.59 Å². The van der Waals surface area contributed by atoms with E-state index in [2.05, 4.69) is 10.3 Å². The monoisotopic (exact) mass is 407 g/mol. The molecule has 0 aliphatic carbocycles. The van der Waals surface area contributed by atoms with Crippen LogP contribution in [0.15, 0.2) is 48.8 Å². The minimum atomic E-state index is -0.385. The fourth-order valence-electron chi connectivity index (χ4n) is 3.82. The van der Waals surface area contributed by atoms with Crippen molar-refractivity contribution in [2.24, 2.45) is 0 Å². The average molecular weight is 408 g/mol. The van der Waals surface area contributed by atoms with E-state index in [0.29, 0.717) is 11.4 Å². The van der Waals surface area contributed by atoms with Crippen molar-refractivity contribution in [2.45, 2.75) is 59.3 Å². The second-order valence-electron chi connectivity index (χ2n) is 7.97. The van der Waals surface area contributed by atoms with Gasteiger partial charge in [0.1, 0.15) is 12.4 Å². The summed E-state index contributed by atoms with van der Waals surface area (Å²) in [7, 11) is 0. The molecule has 0 fully saturated rings. The second-order valence-corrected chi connectivity index (χ2v) is 7.97. The number of nitrogens with zero attached hydrogens (tertiary/aromatic N) is 4. The molecule has 0 aliphatic rings. The number of hydrogen-bond donors (Lipinski definition) is 1. The molecule has 3 aromatic rings. The summed E-state index contributed by atoms with van der Waals surface area (Å²) in [4.78, 5) is 36.3. The Balaban J connectivity index is 1.93. The number of imidazole rings is 1. The minimum Gasteiger partial charge on any atom is -0.342 e. The Morgan fingerprint density at radius 3 is 2.37 bits per heavy atom. The van der Waals surface area contributed by atoms with Crippen molar-refractivity contribution in [1.82, 2.24) is 24.8 Å². The molecule has 1 aromatic carbocycles. The zero-order valence-corrected chi connectivity index (χ0v) is 18.2. The number of benzene rings is 1. The van der Waals surface area contributed by atoms with Crippen molar-refractivity contribution in [3.63, 3.8) is 0 Å². The number of pyridine rings is 1. The van der Waals surface area contributed by atoms with E-state index in [0.717, 1.165) is 11.0 Å². The number of fused-ring (bicyclic) bond motifs is 1. The predicted octanol–water partition coefficient (Wildman–Crippen LogP) is 3.57. The van der Waals surface area contributed by atoms with Crippen molar-refractivity contribution in [3.05, 3.63) is 60.2 Å². The Morgan fingerprint density at radius 2 is 1.73 bits per heavy atom. The standard InChI is InChI=1S/C23H29N5O2/c1-15(2)28(16(3)4)21(29)14-27-20-11-7-6-10-19(20)26-22(27)17(5)25-23(30)18-9-8-12-24-13-18/h6-13,15-17H,14H2,1-5H3,(H,25,30). The van der Waals surface area contributed by atoms with Crippen molar-refractivity contribution >= 4 is 22.8 Å². The number of carbonyl (C=O) groups is 2. The van der Waals surface area contributed by atoms with Gasteiger partial charge in [-0.05, 0) is 58.9 Å². The lowest BCUT2D eigenvalue weighted by Crippen LogP contribution is -2.44. The van der Waals surface area contributed by atoms with Crippen LogP contribution in [0.3, 0.4) is 0 Å². The van der Waals surface area contributed by atoms with Gasteiger partial charge in [0, 0.05) is 24.5 Å². The van der Waals surface area contributed by atoms with Gasteiger partial charge < -0.3 is 14.8 Å². The first kappa shape index (κ1) is 21.5. The second kappa shape index (κ2) is 9.07. The molecular weight excluding hydrogens is 378 g/mol. The molecule has 7 nitrogen and oxygen atoms in total. The van der Waals surface area contributed by atoms with Crippen LogP contribution in [0, 0.1) is 0 Å². The first-order valence-corrected chi connectivity index (χ1v) is 10.3. The van der Waals surface area contributed by atoms with E-state index in [1.807, 2.05) is 68.4 Å². The van der Waals surface area contributed by atoms with Crippen LogP contribution in [0.2, 0.25) is 0 Å². The number of carbonyl (C=O) groups excluding carboxylic acids is 2. The van der Waals surface area contributed by atoms with Crippen LogP contribution in [0.25, 0.3) is 11.0 Å². The molecule has 0 bridgehead atoms. The first-order valence-electron chi connectivity index (χ1n) is 10.3. The number of para-hydroxylation sites is 2. The molecule has 30 heavy (non-hydrogen) atoms. The number of hydrogen-bond acceptors (Lipinski definition) is 4. The fraction of sp³-hybridized carbons (Fsp3) is 0.391. The molecule has 0 saturated heterocycles. The van der Waals surface area contributed by atoms with Gasteiger partial charge in [-0.25, -0.2) is 4.98 Å². The Hall–Kier alpha value is -3.22. The van der Waals surface area contributed by atoms with E-state index >= 15 is 0 Å². The predicted molar refractivity (Wildman–Crippen MR) is 117 cm³/mol. The maximum atomic E-state index is 13.1. The lowest BCUT2D eigenvalue weighted by Gasteiger charge is -2.31. The summed E-state index contributed by atoms with van der Waals surface area (Å²) in [5, 5.41) is 2.97. The highest BCUT2D eigenvalue weighted by Crippen LogP contribution is 2.22. The summed E-state index contributed by atoms with van der Waals surface area (Å²) < 4.78 is 1.91. The summed E-state index contributed by atoms with van der Waals surface area (Å²) in [6, 6.07) is 10.9. The van der Waals surface area contributed by atoms with Gasteiger partial charge in [-0.15, -0.1) is 0 Å². The molecular formula is C23H29N5O2. The highest BCUT2D eigenvalue weighted by molar-refractivity contribution is 5.94. The molecule has 2 heterocycles. The average Bonchev–Trinajstić information content (AvgIpc) is 3.06. The van der Waals surface area contributed by atoms with Gasteiger partial charge >= 0.3 is 0 Å². The molecule has 0 aliphatic heterocycles. The third-order valence-electron chi connectivity index (χ3n) is 5.04. The normalized spacial score (nSPS) is 12.4.